The van der Waals surface area contributed by atoms with Gasteiger partial charge in [0.1, 0.15) is 24.6 Å². The molecule has 0 aromatic heterocycles. The Balaban J connectivity index is 0.000000201. The lowest BCUT2D eigenvalue weighted by Gasteiger charge is -2.29. The summed E-state index contributed by atoms with van der Waals surface area (Å²) in [5.74, 6) is -1.84. The van der Waals surface area contributed by atoms with Crippen molar-refractivity contribution in [2.75, 3.05) is 21.3 Å². The second-order valence-corrected chi connectivity index (χ2v) is 18.5. The number of esters is 4. The molecule has 0 unspecified atom stereocenters. The van der Waals surface area contributed by atoms with Crippen LogP contribution >= 0.6 is 15.9 Å². The van der Waals surface area contributed by atoms with Gasteiger partial charge in [-0.1, -0.05) is 34.8 Å². The van der Waals surface area contributed by atoms with E-state index in [1.54, 1.807) is 50.6 Å². The Bertz CT molecular complexity index is 2170. The van der Waals surface area contributed by atoms with E-state index in [4.69, 9.17) is 38.3 Å². The Hall–Kier alpha value is -6.10. The van der Waals surface area contributed by atoms with Gasteiger partial charge < -0.3 is 47.7 Å². The SMILES string of the molecule is BrC1CCCC1.CC1(C)OC(=O)CC(=O)O1.COc1cc(C=C2C(=O)OC(C)(C)OC2=O)ccc1OC1CCCC1.COc1cc(C=O)ccc1O.COc1cc(C=O)ccc1OC1CCCC1. The van der Waals surface area contributed by atoms with Crippen LogP contribution in [0, 0.1) is 0 Å². The summed E-state index contributed by atoms with van der Waals surface area (Å²) in [7, 11) is 4.58. The van der Waals surface area contributed by atoms with E-state index >= 15 is 0 Å². The molecule has 0 bridgehead atoms. The molecule has 2 heterocycles. The number of alkyl halides is 1. The van der Waals surface area contributed by atoms with Crippen LogP contribution < -0.4 is 23.7 Å². The van der Waals surface area contributed by atoms with E-state index in [2.05, 4.69) is 25.4 Å². The Kier molecular flexibility index (Phi) is 21.2. The maximum absolute atomic E-state index is 12.0. The highest BCUT2D eigenvalue weighted by molar-refractivity contribution is 9.09. The van der Waals surface area contributed by atoms with Crippen molar-refractivity contribution < 1.29 is 76.5 Å². The van der Waals surface area contributed by atoms with Gasteiger partial charge >= 0.3 is 23.9 Å². The first-order valence-corrected chi connectivity index (χ1v) is 23.5. The molecular formula is C51H63BrO16. The fraction of sp³-hybridized carbons (Fsp3) is 0.490. The van der Waals surface area contributed by atoms with Gasteiger partial charge in [-0.15, -0.1) is 0 Å². The third-order valence-corrected chi connectivity index (χ3v) is 11.7. The summed E-state index contributed by atoms with van der Waals surface area (Å²) in [5, 5.41) is 9.09. The monoisotopic (exact) mass is 1010 g/mol. The minimum atomic E-state index is -1.25. The lowest BCUT2D eigenvalue weighted by atomic mass is 10.1. The van der Waals surface area contributed by atoms with Crippen LogP contribution in [-0.4, -0.2) is 91.5 Å². The molecule has 3 aromatic carbocycles. The molecule has 370 valence electrons. The molecule has 0 amide bonds. The summed E-state index contributed by atoms with van der Waals surface area (Å²) in [6, 6.07) is 14.9. The van der Waals surface area contributed by atoms with E-state index in [0.29, 0.717) is 52.1 Å². The Labute approximate surface area is 406 Å². The van der Waals surface area contributed by atoms with Crippen LogP contribution in [0.25, 0.3) is 6.08 Å². The average molecular weight is 1010 g/mol. The lowest BCUT2D eigenvalue weighted by Crippen LogP contribution is -2.41. The van der Waals surface area contributed by atoms with Gasteiger partial charge in [0.05, 0.1) is 33.5 Å². The van der Waals surface area contributed by atoms with Crippen molar-refractivity contribution in [2.24, 2.45) is 0 Å². The van der Waals surface area contributed by atoms with Gasteiger partial charge in [0, 0.05) is 43.6 Å². The highest BCUT2D eigenvalue weighted by Gasteiger charge is 2.39. The van der Waals surface area contributed by atoms with E-state index in [1.165, 1.54) is 110 Å². The zero-order valence-electron chi connectivity index (χ0n) is 39.8. The van der Waals surface area contributed by atoms with Crippen LogP contribution in [0.4, 0.5) is 0 Å². The number of hydrogen-bond acceptors (Lipinski definition) is 16. The predicted octanol–water partition coefficient (Wildman–Crippen LogP) is 9.81. The van der Waals surface area contributed by atoms with Crippen molar-refractivity contribution in [3.8, 4) is 34.5 Å². The van der Waals surface area contributed by atoms with Gasteiger partial charge in [-0.25, -0.2) is 9.59 Å². The van der Waals surface area contributed by atoms with E-state index in [0.717, 1.165) is 42.5 Å². The quantitative estimate of drug-likeness (QED) is 0.0501. The first kappa shape index (κ1) is 54.5. The Morgan fingerprint density at radius 2 is 0.926 bits per heavy atom. The molecule has 17 heteroatoms. The number of halogens is 1. The maximum Gasteiger partial charge on any atom is 0.348 e. The van der Waals surface area contributed by atoms with E-state index in [9.17, 15) is 28.8 Å². The highest BCUT2D eigenvalue weighted by Crippen LogP contribution is 2.35. The van der Waals surface area contributed by atoms with Gasteiger partial charge in [-0.2, -0.15) is 0 Å². The summed E-state index contributed by atoms with van der Waals surface area (Å²) in [6.07, 6.45) is 18.0. The number of rotatable bonds is 10. The number of ether oxygens (including phenoxy) is 9. The number of methoxy groups -OCH3 is 3. The van der Waals surface area contributed by atoms with Crippen LogP contribution in [-0.2, 0) is 38.1 Å². The van der Waals surface area contributed by atoms with Gasteiger partial charge in [-0.3, -0.25) is 19.2 Å². The molecule has 16 nitrogen and oxygen atoms in total. The molecule has 5 fully saturated rings. The summed E-state index contributed by atoms with van der Waals surface area (Å²) >= 11 is 3.54. The number of aldehydes is 2. The molecule has 0 atom stereocenters. The molecule has 0 radical (unpaired) electrons. The molecule has 3 saturated carbocycles. The van der Waals surface area contributed by atoms with Gasteiger partial charge in [0.2, 0.25) is 0 Å². The number of hydrogen-bond donors (Lipinski definition) is 1. The summed E-state index contributed by atoms with van der Waals surface area (Å²) in [5.41, 5.74) is 1.57. The largest absolute Gasteiger partial charge is 0.504 e. The van der Waals surface area contributed by atoms with Gasteiger partial charge in [0.15, 0.2) is 34.5 Å². The molecule has 5 aliphatic rings. The normalized spacial score (nSPS) is 18.3. The van der Waals surface area contributed by atoms with E-state index in [-0.39, 0.29) is 23.8 Å². The number of carbonyl (C=O) groups excluding carboxylic acids is 6. The number of phenolic OH excluding ortho intramolecular Hbond substituents is 1. The first-order chi connectivity index (χ1) is 32.4. The topological polar surface area (TPSA) is 206 Å². The number of carbonyl (C=O) groups is 6. The van der Waals surface area contributed by atoms with E-state index in [1.807, 2.05) is 0 Å². The molecule has 68 heavy (non-hydrogen) atoms. The van der Waals surface area contributed by atoms with Crippen LogP contribution in [0.15, 0.2) is 60.2 Å². The molecule has 1 N–H and O–H groups in total. The van der Waals surface area contributed by atoms with Crippen molar-refractivity contribution in [2.45, 2.75) is 140 Å². The first-order valence-electron chi connectivity index (χ1n) is 22.6. The number of aromatic hydroxyl groups is 1. The van der Waals surface area contributed by atoms with Crippen molar-refractivity contribution in [1.29, 1.82) is 0 Å². The fourth-order valence-corrected chi connectivity index (χ4v) is 8.09. The summed E-state index contributed by atoms with van der Waals surface area (Å²) in [6.45, 7) is 6.06. The predicted molar refractivity (Wildman–Crippen MR) is 253 cm³/mol. The minimum Gasteiger partial charge on any atom is -0.504 e. The van der Waals surface area contributed by atoms with Crippen molar-refractivity contribution in [3.05, 3.63) is 76.9 Å². The molecule has 2 aliphatic heterocycles. The summed E-state index contributed by atoms with van der Waals surface area (Å²) < 4.78 is 46.7. The molecule has 0 spiro atoms. The van der Waals surface area contributed by atoms with Crippen LogP contribution in [0.5, 0.6) is 34.5 Å². The number of benzene rings is 3. The minimum absolute atomic E-state index is 0.0399. The Morgan fingerprint density at radius 3 is 1.32 bits per heavy atom. The molecule has 3 aromatic rings. The number of phenols is 1. The maximum atomic E-state index is 12.0. The second-order valence-electron chi connectivity index (χ2n) is 17.2. The smallest absolute Gasteiger partial charge is 0.348 e. The average Bonchev–Trinajstić information content (AvgIpc) is 4.12. The van der Waals surface area contributed by atoms with Gasteiger partial charge in [0.25, 0.3) is 11.6 Å². The van der Waals surface area contributed by atoms with Crippen LogP contribution in [0.3, 0.4) is 0 Å². The third-order valence-electron chi connectivity index (χ3n) is 10.8. The van der Waals surface area contributed by atoms with Crippen molar-refractivity contribution in [3.63, 3.8) is 0 Å². The zero-order valence-corrected chi connectivity index (χ0v) is 41.4. The number of cyclic esters (lactones) is 4. The zero-order chi connectivity index (χ0) is 49.9. The molecule has 8 rings (SSSR count). The fourth-order valence-electron chi connectivity index (χ4n) is 7.45. The molecular weight excluding hydrogens is 948 g/mol. The highest BCUT2D eigenvalue weighted by atomic mass is 79.9. The van der Waals surface area contributed by atoms with Gasteiger partial charge in [-0.05, 0) is 124 Å². The summed E-state index contributed by atoms with van der Waals surface area (Å²) in [4.78, 5) is 66.9. The molecule has 2 saturated heterocycles. The van der Waals surface area contributed by atoms with Crippen LogP contribution in [0.1, 0.15) is 137 Å². The van der Waals surface area contributed by atoms with Crippen molar-refractivity contribution in [1.82, 2.24) is 0 Å². The third kappa shape index (κ3) is 17.8. The van der Waals surface area contributed by atoms with Crippen molar-refractivity contribution >= 4 is 58.5 Å². The second kappa shape index (κ2) is 26.4. The van der Waals surface area contributed by atoms with E-state index < -0.39 is 35.5 Å². The molecule has 3 aliphatic carbocycles. The standard InChI is InChI=1S/C19H22O6.C13H16O3.C8H8O3.C6H8O4.C5H9Br/c1-19(2)24-17(20)14(18(21)25-19)10-12-8-9-15(16(11-12)22-3)23-13-6-4-5-7-13;1-15-13-8-10(9-14)6-7-12(13)16-11-4-2-3-5-11;1-11-8-4-6(5-9)2-3-7(8)10;1-6(2)9-4(7)3-5(8)10-6;6-5-3-1-2-4-5/h8-11,13H,4-7H2,1-3H3;6-9,11H,2-5H2,1H3;2-5,10H,1H3;3H2,1-2H3;5H,1-4H2. The van der Waals surface area contributed by atoms with Crippen LogP contribution in [0.2, 0.25) is 0 Å². The Morgan fingerprint density at radius 1 is 0.544 bits per heavy atom. The lowest BCUT2D eigenvalue weighted by molar-refractivity contribution is -0.231.